The number of anilines is 1. The van der Waals surface area contributed by atoms with Crippen molar-refractivity contribution >= 4 is 11.7 Å². The van der Waals surface area contributed by atoms with Crippen molar-refractivity contribution in [2.75, 3.05) is 19.4 Å². The SMILES string of the molecule is CNc1cnc(C(=O)N(C)C2CCCC2)cn1. The lowest BCUT2D eigenvalue weighted by Crippen LogP contribution is -2.35. The molecule has 92 valence electrons. The Balaban J connectivity index is 2.07. The van der Waals surface area contributed by atoms with Gasteiger partial charge in [0.1, 0.15) is 11.5 Å². The van der Waals surface area contributed by atoms with Crippen molar-refractivity contribution < 1.29 is 4.79 Å². The summed E-state index contributed by atoms with van der Waals surface area (Å²) in [6.45, 7) is 0. The Kier molecular flexibility index (Phi) is 3.56. The molecule has 0 aromatic carbocycles. The lowest BCUT2D eigenvalue weighted by Gasteiger charge is -2.23. The Morgan fingerprint density at radius 3 is 2.59 bits per heavy atom. The molecule has 17 heavy (non-hydrogen) atoms. The number of carbonyl (C=O) groups excluding carboxylic acids is 1. The zero-order valence-electron chi connectivity index (χ0n) is 10.3. The van der Waals surface area contributed by atoms with Gasteiger partial charge in [0.05, 0.1) is 12.4 Å². The highest BCUT2D eigenvalue weighted by Crippen LogP contribution is 2.23. The van der Waals surface area contributed by atoms with Crippen molar-refractivity contribution in [1.82, 2.24) is 14.9 Å². The lowest BCUT2D eigenvalue weighted by atomic mass is 10.2. The van der Waals surface area contributed by atoms with E-state index in [1.54, 1.807) is 18.1 Å². The Bertz CT molecular complexity index is 384. The van der Waals surface area contributed by atoms with Crippen LogP contribution in [-0.2, 0) is 0 Å². The maximum Gasteiger partial charge on any atom is 0.274 e. The molecule has 1 heterocycles. The van der Waals surface area contributed by atoms with Crippen LogP contribution in [0.4, 0.5) is 5.82 Å². The third-order valence-electron chi connectivity index (χ3n) is 3.32. The lowest BCUT2D eigenvalue weighted by molar-refractivity contribution is 0.0729. The van der Waals surface area contributed by atoms with Gasteiger partial charge in [-0.2, -0.15) is 0 Å². The van der Waals surface area contributed by atoms with Crippen LogP contribution in [0.15, 0.2) is 12.4 Å². The molecule has 5 heteroatoms. The maximum atomic E-state index is 12.1. The normalized spacial score (nSPS) is 15.9. The predicted octanol–water partition coefficient (Wildman–Crippen LogP) is 1.53. The van der Waals surface area contributed by atoms with E-state index in [9.17, 15) is 4.79 Å². The van der Waals surface area contributed by atoms with Crippen molar-refractivity contribution in [3.8, 4) is 0 Å². The highest BCUT2D eigenvalue weighted by molar-refractivity contribution is 5.92. The van der Waals surface area contributed by atoms with Crippen molar-refractivity contribution in [2.24, 2.45) is 0 Å². The largest absolute Gasteiger partial charge is 0.372 e. The molecular formula is C12H18N4O. The Labute approximate surface area is 101 Å². The molecule has 0 saturated heterocycles. The molecule has 0 radical (unpaired) electrons. The molecule has 1 N–H and O–H groups in total. The third kappa shape index (κ3) is 2.54. The first-order valence-corrected chi connectivity index (χ1v) is 5.99. The summed E-state index contributed by atoms with van der Waals surface area (Å²) >= 11 is 0. The molecule has 0 spiro atoms. The van der Waals surface area contributed by atoms with E-state index in [-0.39, 0.29) is 5.91 Å². The average Bonchev–Trinajstić information content (AvgIpc) is 2.91. The summed E-state index contributed by atoms with van der Waals surface area (Å²) in [4.78, 5) is 22.2. The van der Waals surface area contributed by atoms with Gasteiger partial charge in [0.25, 0.3) is 5.91 Å². The number of carbonyl (C=O) groups is 1. The molecular weight excluding hydrogens is 216 g/mol. The first-order chi connectivity index (χ1) is 8.22. The van der Waals surface area contributed by atoms with E-state index in [2.05, 4.69) is 15.3 Å². The smallest absolute Gasteiger partial charge is 0.274 e. The summed E-state index contributed by atoms with van der Waals surface area (Å²) in [6, 6.07) is 0.369. The highest BCUT2D eigenvalue weighted by Gasteiger charge is 2.24. The number of nitrogens with zero attached hydrogens (tertiary/aromatic N) is 3. The second-order valence-corrected chi connectivity index (χ2v) is 4.39. The topological polar surface area (TPSA) is 58.1 Å². The molecule has 1 aliphatic rings. The van der Waals surface area contributed by atoms with Crippen LogP contribution in [-0.4, -0.2) is 40.9 Å². The van der Waals surface area contributed by atoms with Gasteiger partial charge in [-0.1, -0.05) is 12.8 Å². The molecule has 1 aromatic rings. The van der Waals surface area contributed by atoms with Crippen LogP contribution in [0.5, 0.6) is 0 Å². The molecule has 1 aliphatic carbocycles. The average molecular weight is 234 g/mol. The van der Waals surface area contributed by atoms with E-state index < -0.39 is 0 Å². The fourth-order valence-electron chi connectivity index (χ4n) is 2.21. The van der Waals surface area contributed by atoms with Crippen LogP contribution < -0.4 is 5.32 Å². The monoisotopic (exact) mass is 234 g/mol. The number of hydrogen-bond donors (Lipinski definition) is 1. The Morgan fingerprint density at radius 2 is 2.06 bits per heavy atom. The predicted molar refractivity (Wildman–Crippen MR) is 65.9 cm³/mol. The summed E-state index contributed by atoms with van der Waals surface area (Å²) in [5, 5.41) is 2.88. The first kappa shape index (κ1) is 11.8. The van der Waals surface area contributed by atoms with E-state index in [0.29, 0.717) is 17.6 Å². The highest BCUT2D eigenvalue weighted by atomic mass is 16.2. The van der Waals surface area contributed by atoms with Crippen LogP contribution in [0.2, 0.25) is 0 Å². The van der Waals surface area contributed by atoms with E-state index >= 15 is 0 Å². The summed E-state index contributed by atoms with van der Waals surface area (Å²) in [6.07, 6.45) is 7.74. The second kappa shape index (κ2) is 5.12. The minimum atomic E-state index is -0.0351. The van der Waals surface area contributed by atoms with Gasteiger partial charge in [-0.05, 0) is 12.8 Å². The van der Waals surface area contributed by atoms with E-state index in [1.807, 2.05) is 7.05 Å². The minimum Gasteiger partial charge on any atom is -0.372 e. The summed E-state index contributed by atoms with van der Waals surface area (Å²) < 4.78 is 0. The van der Waals surface area contributed by atoms with Gasteiger partial charge in [0, 0.05) is 20.1 Å². The van der Waals surface area contributed by atoms with Crippen molar-refractivity contribution in [3.05, 3.63) is 18.1 Å². The fraction of sp³-hybridized carbons (Fsp3) is 0.583. The van der Waals surface area contributed by atoms with Crippen LogP contribution in [0.1, 0.15) is 36.2 Å². The minimum absolute atomic E-state index is 0.0351. The number of aromatic nitrogens is 2. The maximum absolute atomic E-state index is 12.1. The summed E-state index contributed by atoms with van der Waals surface area (Å²) in [5.41, 5.74) is 0.415. The van der Waals surface area contributed by atoms with Crippen LogP contribution >= 0.6 is 0 Å². The molecule has 0 unspecified atom stereocenters. The van der Waals surface area contributed by atoms with Crippen LogP contribution in [0, 0.1) is 0 Å². The summed E-state index contributed by atoms with van der Waals surface area (Å²) in [7, 11) is 3.63. The van der Waals surface area contributed by atoms with Gasteiger partial charge in [0.15, 0.2) is 0 Å². The van der Waals surface area contributed by atoms with Gasteiger partial charge < -0.3 is 10.2 Å². The fourth-order valence-corrected chi connectivity index (χ4v) is 2.21. The Hall–Kier alpha value is -1.65. The molecule has 0 aliphatic heterocycles. The molecule has 1 aromatic heterocycles. The zero-order valence-corrected chi connectivity index (χ0v) is 10.3. The Morgan fingerprint density at radius 1 is 1.35 bits per heavy atom. The first-order valence-electron chi connectivity index (χ1n) is 5.99. The van der Waals surface area contributed by atoms with Crippen molar-refractivity contribution in [3.63, 3.8) is 0 Å². The number of rotatable bonds is 3. The molecule has 0 bridgehead atoms. The van der Waals surface area contributed by atoms with Crippen LogP contribution in [0.25, 0.3) is 0 Å². The molecule has 2 rings (SSSR count). The quantitative estimate of drug-likeness (QED) is 0.861. The molecule has 0 atom stereocenters. The molecule has 5 nitrogen and oxygen atoms in total. The van der Waals surface area contributed by atoms with Crippen molar-refractivity contribution in [1.29, 1.82) is 0 Å². The third-order valence-corrected chi connectivity index (χ3v) is 3.32. The van der Waals surface area contributed by atoms with Crippen LogP contribution in [0.3, 0.4) is 0 Å². The van der Waals surface area contributed by atoms with Gasteiger partial charge in [-0.25, -0.2) is 9.97 Å². The van der Waals surface area contributed by atoms with E-state index in [0.717, 1.165) is 12.8 Å². The van der Waals surface area contributed by atoms with E-state index in [4.69, 9.17) is 0 Å². The molecule has 1 saturated carbocycles. The standard InChI is InChI=1S/C12H18N4O/c1-13-11-8-14-10(7-15-11)12(17)16(2)9-5-3-4-6-9/h7-9H,3-6H2,1-2H3,(H,13,15). The number of nitrogens with one attached hydrogen (secondary N) is 1. The van der Waals surface area contributed by atoms with Gasteiger partial charge in [-0.3, -0.25) is 4.79 Å². The number of hydrogen-bond acceptors (Lipinski definition) is 4. The second-order valence-electron chi connectivity index (χ2n) is 4.39. The van der Waals surface area contributed by atoms with E-state index in [1.165, 1.54) is 19.0 Å². The van der Waals surface area contributed by atoms with Crippen molar-refractivity contribution in [2.45, 2.75) is 31.7 Å². The van der Waals surface area contributed by atoms with Gasteiger partial charge in [0.2, 0.25) is 0 Å². The molecule has 1 fully saturated rings. The molecule has 1 amide bonds. The van der Waals surface area contributed by atoms with Gasteiger partial charge >= 0.3 is 0 Å². The summed E-state index contributed by atoms with van der Waals surface area (Å²) in [5.74, 6) is 0.636. The van der Waals surface area contributed by atoms with Gasteiger partial charge in [-0.15, -0.1) is 0 Å². The number of amides is 1. The zero-order chi connectivity index (χ0) is 12.3.